The highest BCUT2D eigenvalue weighted by Crippen LogP contribution is 2.23. The van der Waals surface area contributed by atoms with Crippen LogP contribution in [0, 0.1) is 5.92 Å². The molecular weight excluding hydrogens is 212 g/mol. The van der Waals surface area contributed by atoms with Gasteiger partial charge in [0.25, 0.3) is 0 Å². The molecule has 1 fully saturated rings. The van der Waals surface area contributed by atoms with Crippen LogP contribution < -0.4 is 11.1 Å². The van der Waals surface area contributed by atoms with Gasteiger partial charge in [0.2, 0.25) is 0 Å². The molecule has 0 unspecified atom stereocenters. The Morgan fingerprint density at radius 3 is 2.59 bits per heavy atom. The number of para-hydroxylation sites is 1. The molecule has 1 aliphatic rings. The molecule has 2 rings (SSSR count). The average Bonchev–Trinajstić information content (AvgIpc) is 2.34. The minimum Gasteiger partial charge on any atom is -0.398 e. The zero-order valence-corrected chi connectivity index (χ0v) is 10.2. The van der Waals surface area contributed by atoms with E-state index in [1.54, 1.807) is 0 Å². The topological polar surface area (TPSA) is 58.3 Å². The first kappa shape index (κ1) is 12.4. The van der Waals surface area contributed by atoms with Crippen molar-refractivity contribution >= 4 is 5.69 Å². The number of hydrogen-bond donors (Lipinski definition) is 3. The van der Waals surface area contributed by atoms with Gasteiger partial charge in [0.1, 0.15) is 0 Å². The molecule has 0 radical (unpaired) electrons. The van der Waals surface area contributed by atoms with E-state index in [0.717, 1.165) is 44.5 Å². The number of hydrogen-bond acceptors (Lipinski definition) is 3. The van der Waals surface area contributed by atoms with Crippen LogP contribution in [-0.4, -0.2) is 17.8 Å². The fourth-order valence-electron chi connectivity index (χ4n) is 2.46. The van der Waals surface area contributed by atoms with E-state index >= 15 is 0 Å². The number of rotatable bonds is 4. The lowest BCUT2D eigenvalue weighted by Crippen LogP contribution is -2.27. The van der Waals surface area contributed by atoms with Crippen molar-refractivity contribution in [3.63, 3.8) is 0 Å². The second-order valence-electron chi connectivity index (χ2n) is 5.00. The van der Waals surface area contributed by atoms with Gasteiger partial charge in [0.05, 0.1) is 6.10 Å². The van der Waals surface area contributed by atoms with Gasteiger partial charge in [0, 0.05) is 12.2 Å². The fraction of sp³-hybridized carbons (Fsp3) is 0.571. The van der Waals surface area contributed by atoms with Gasteiger partial charge < -0.3 is 16.2 Å². The minimum absolute atomic E-state index is 0.0592. The molecule has 1 aliphatic carbocycles. The Balaban J connectivity index is 1.71. The maximum Gasteiger partial charge on any atom is 0.0540 e. The molecule has 1 aromatic rings. The quantitative estimate of drug-likeness (QED) is 0.697. The third kappa shape index (κ3) is 3.72. The van der Waals surface area contributed by atoms with E-state index in [1.165, 1.54) is 5.56 Å². The van der Waals surface area contributed by atoms with Crippen molar-refractivity contribution in [3.05, 3.63) is 29.8 Å². The Hall–Kier alpha value is -1.06. The van der Waals surface area contributed by atoms with Crippen LogP contribution >= 0.6 is 0 Å². The maximum atomic E-state index is 9.43. The summed E-state index contributed by atoms with van der Waals surface area (Å²) < 4.78 is 0. The highest BCUT2D eigenvalue weighted by atomic mass is 16.3. The predicted molar refractivity (Wildman–Crippen MR) is 70.5 cm³/mol. The summed E-state index contributed by atoms with van der Waals surface area (Å²) in [5.41, 5.74) is 7.91. The standard InChI is InChI=1S/C14H22N2O/c15-14-4-2-1-3-12(14)10-16-9-11-5-7-13(17)8-6-11/h1-4,11,13,16-17H,5-10,15H2. The Bertz CT molecular complexity index is 346. The summed E-state index contributed by atoms with van der Waals surface area (Å²) in [7, 11) is 0. The maximum absolute atomic E-state index is 9.43. The number of anilines is 1. The third-order valence-corrected chi connectivity index (χ3v) is 3.62. The summed E-state index contributed by atoms with van der Waals surface area (Å²) in [4.78, 5) is 0. The molecular formula is C14H22N2O. The second-order valence-corrected chi connectivity index (χ2v) is 5.00. The van der Waals surface area contributed by atoms with E-state index in [1.807, 2.05) is 18.2 Å². The van der Waals surface area contributed by atoms with Crippen LogP contribution in [0.1, 0.15) is 31.2 Å². The van der Waals surface area contributed by atoms with Crippen LogP contribution in [0.15, 0.2) is 24.3 Å². The molecule has 1 saturated carbocycles. The van der Waals surface area contributed by atoms with E-state index in [0.29, 0.717) is 5.92 Å². The van der Waals surface area contributed by atoms with E-state index < -0.39 is 0 Å². The van der Waals surface area contributed by atoms with Gasteiger partial charge in [-0.25, -0.2) is 0 Å². The number of nitrogens with two attached hydrogens (primary N) is 1. The largest absolute Gasteiger partial charge is 0.398 e. The number of aliphatic hydroxyl groups is 1. The lowest BCUT2D eigenvalue weighted by atomic mass is 9.87. The molecule has 94 valence electrons. The zero-order valence-electron chi connectivity index (χ0n) is 10.2. The summed E-state index contributed by atoms with van der Waals surface area (Å²) in [6.45, 7) is 1.87. The summed E-state index contributed by atoms with van der Waals surface area (Å²) in [6.07, 6.45) is 4.13. The first-order valence-electron chi connectivity index (χ1n) is 6.48. The first-order chi connectivity index (χ1) is 8.25. The molecule has 0 bridgehead atoms. The van der Waals surface area contributed by atoms with Crippen LogP contribution in [0.25, 0.3) is 0 Å². The lowest BCUT2D eigenvalue weighted by Gasteiger charge is -2.25. The summed E-state index contributed by atoms with van der Waals surface area (Å²) in [5.74, 6) is 0.711. The average molecular weight is 234 g/mol. The van der Waals surface area contributed by atoms with Crippen LogP contribution in [-0.2, 0) is 6.54 Å². The Morgan fingerprint density at radius 1 is 1.18 bits per heavy atom. The van der Waals surface area contributed by atoms with Crippen molar-refractivity contribution in [2.75, 3.05) is 12.3 Å². The van der Waals surface area contributed by atoms with E-state index in [9.17, 15) is 5.11 Å². The Labute approximate surface area is 103 Å². The second kappa shape index (κ2) is 6.03. The van der Waals surface area contributed by atoms with E-state index in [2.05, 4.69) is 11.4 Å². The van der Waals surface area contributed by atoms with Gasteiger partial charge in [-0.3, -0.25) is 0 Å². The number of aliphatic hydroxyl groups excluding tert-OH is 1. The molecule has 3 heteroatoms. The van der Waals surface area contributed by atoms with E-state index in [4.69, 9.17) is 5.73 Å². The van der Waals surface area contributed by atoms with Crippen molar-refractivity contribution in [1.29, 1.82) is 0 Å². The predicted octanol–water partition coefficient (Wildman–Crippen LogP) is 1.91. The third-order valence-electron chi connectivity index (χ3n) is 3.62. The minimum atomic E-state index is -0.0592. The van der Waals surface area contributed by atoms with Gasteiger partial charge in [-0.05, 0) is 49.8 Å². The normalized spacial score (nSPS) is 24.8. The summed E-state index contributed by atoms with van der Waals surface area (Å²) in [6, 6.07) is 7.98. The number of benzene rings is 1. The molecule has 0 aliphatic heterocycles. The van der Waals surface area contributed by atoms with Crippen molar-refractivity contribution in [2.45, 2.75) is 38.3 Å². The molecule has 1 aromatic carbocycles. The summed E-state index contributed by atoms with van der Waals surface area (Å²) in [5, 5.41) is 12.9. The number of nitrogen functional groups attached to an aromatic ring is 1. The van der Waals surface area contributed by atoms with Crippen LogP contribution in [0.5, 0.6) is 0 Å². The molecule has 0 saturated heterocycles. The van der Waals surface area contributed by atoms with Gasteiger partial charge in [0.15, 0.2) is 0 Å². The van der Waals surface area contributed by atoms with Crippen LogP contribution in [0.2, 0.25) is 0 Å². The molecule has 0 spiro atoms. The molecule has 3 nitrogen and oxygen atoms in total. The molecule has 0 atom stereocenters. The molecule has 0 aromatic heterocycles. The van der Waals surface area contributed by atoms with Crippen molar-refractivity contribution < 1.29 is 5.11 Å². The van der Waals surface area contributed by atoms with Gasteiger partial charge in [-0.1, -0.05) is 18.2 Å². The smallest absolute Gasteiger partial charge is 0.0540 e. The SMILES string of the molecule is Nc1ccccc1CNCC1CCC(O)CC1. The number of nitrogens with one attached hydrogen (secondary N) is 1. The lowest BCUT2D eigenvalue weighted by molar-refractivity contribution is 0.108. The van der Waals surface area contributed by atoms with Crippen molar-refractivity contribution in [2.24, 2.45) is 5.92 Å². The Kier molecular flexibility index (Phi) is 4.40. The van der Waals surface area contributed by atoms with Gasteiger partial charge >= 0.3 is 0 Å². The van der Waals surface area contributed by atoms with E-state index in [-0.39, 0.29) is 6.10 Å². The summed E-state index contributed by atoms with van der Waals surface area (Å²) >= 11 is 0. The fourth-order valence-corrected chi connectivity index (χ4v) is 2.46. The molecule has 0 amide bonds. The van der Waals surface area contributed by atoms with Gasteiger partial charge in [-0.15, -0.1) is 0 Å². The zero-order chi connectivity index (χ0) is 12.1. The first-order valence-corrected chi connectivity index (χ1v) is 6.48. The highest BCUT2D eigenvalue weighted by molar-refractivity contribution is 5.46. The molecule has 4 N–H and O–H groups in total. The van der Waals surface area contributed by atoms with Gasteiger partial charge in [-0.2, -0.15) is 0 Å². The van der Waals surface area contributed by atoms with Crippen molar-refractivity contribution in [3.8, 4) is 0 Å². The monoisotopic (exact) mass is 234 g/mol. The van der Waals surface area contributed by atoms with Crippen LogP contribution in [0.3, 0.4) is 0 Å². The molecule has 17 heavy (non-hydrogen) atoms. The Morgan fingerprint density at radius 2 is 1.88 bits per heavy atom. The van der Waals surface area contributed by atoms with Crippen LogP contribution in [0.4, 0.5) is 5.69 Å². The molecule has 0 heterocycles. The van der Waals surface area contributed by atoms with Crippen molar-refractivity contribution in [1.82, 2.24) is 5.32 Å². The highest BCUT2D eigenvalue weighted by Gasteiger charge is 2.18.